The molecule has 5 heteroatoms. The van der Waals surface area contributed by atoms with Gasteiger partial charge in [0, 0.05) is 3.57 Å². The van der Waals surface area contributed by atoms with Crippen LogP contribution in [0.2, 0.25) is 0 Å². The molecule has 3 nitrogen and oxygen atoms in total. The summed E-state index contributed by atoms with van der Waals surface area (Å²) >= 11 is 3.82. The van der Waals surface area contributed by atoms with E-state index in [9.17, 15) is 0 Å². The van der Waals surface area contributed by atoms with Gasteiger partial charge in [-0.05, 0) is 34.0 Å². The van der Waals surface area contributed by atoms with Gasteiger partial charge in [0.25, 0.3) is 0 Å². The standard InChI is InChI=1S/C8H6INO2S/c9-5-1-2-13-8(5)7-6(3-11)10-4-12-7/h1-2,4,11H,3H2. The van der Waals surface area contributed by atoms with Gasteiger partial charge in [0.2, 0.25) is 0 Å². The number of nitrogens with zero attached hydrogens (tertiary/aromatic N) is 1. The zero-order valence-corrected chi connectivity index (χ0v) is 9.50. The van der Waals surface area contributed by atoms with Gasteiger partial charge >= 0.3 is 0 Å². The Hall–Kier alpha value is -0.400. The summed E-state index contributed by atoms with van der Waals surface area (Å²) in [4.78, 5) is 4.95. The first-order valence-corrected chi connectivity index (χ1v) is 5.55. The van der Waals surface area contributed by atoms with E-state index >= 15 is 0 Å². The third-order valence-corrected chi connectivity index (χ3v) is 3.79. The second kappa shape index (κ2) is 3.77. The van der Waals surface area contributed by atoms with Crippen molar-refractivity contribution in [3.05, 3.63) is 27.1 Å². The summed E-state index contributed by atoms with van der Waals surface area (Å²) in [6.07, 6.45) is 1.36. The van der Waals surface area contributed by atoms with Gasteiger partial charge in [-0.1, -0.05) is 0 Å². The summed E-state index contributed by atoms with van der Waals surface area (Å²) in [5.74, 6) is 0.682. The number of hydrogen-bond acceptors (Lipinski definition) is 4. The fourth-order valence-corrected chi connectivity index (χ4v) is 2.87. The monoisotopic (exact) mass is 307 g/mol. The fourth-order valence-electron chi connectivity index (χ4n) is 1.02. The molecular formula is C8H6INO2S. The molecule has 0 radical (unpaired) electrons. The molecule has 2 heterocycles. The minimum absolute atomic E-state index is 0.0835. The quantitative estimate of drug-likeness (QED) is 0.867. The van der Waals surface area contributed by atoms with E-state index in [0.29, 0.717) is 11.5 Å². The number of hydrogen-bond donors (Lipinski definition) is 1. The molecule has 0 amide bonds. The van der Waals surface area contributed by atoms with E-state index in [1.54, 1.807) is 11.3 Å². The zero-order chi connectivity index (χ0) is 9.26. The van der Waals surface area contributed by atoms with Crippen LogP contribution < -0.4 is 0 Å². The summed E-state index contributed by atoms with van der Waals surface area (Å²) in [6, 6.07) is 2.00. The Balaban J connectivity index is 2.52. The van der Waals surface area contributed by atoms with E-state index in [-0.39, 0.29) is 6.61 Å². The lowest BCUT2D eigenvalue weighted by atomic mass is 10.3. The highest BCUT2D eigenvalue weighted by atomic mass is 127. The van der Waals surface area contributed by atoms with Gasteiger partial charge in [-0.25, -0.2) is 4.98 Å². The molecular weight excluding hydrogens is 301 g/mol. The zero-order valence-electron chi connectivity index (χ0n) is 6.53. The van der Waals surface area contributed by atoms with Crippen molar-refractivity contribution in [2.75, 3.05) is 0 Å². The highest BCUT2D eigenvalue weighted by Gasteiger charge is 2.13. The first-order valence-electron chi connectivity index (χ1n) is 3.59. The molecule has 0 aromatic carbocycles. The highest BCUT2D eigenvalue weighted by molar-refractivity contribution is 14.1. The van der Waals surface area contributed by atoms with E-state index in [4.69, 9.17) is 9.52 Å². The summed E-state index contributed by atoms with van der Waals surface area (Å²) in [6.45, 7) is -0.0835. The maximum atomic E-state index is 8.98. The molecule has 1 N–H and O–H groups in total. The molecule has 0 fully saturated rings. The number of oxazole rings is 1. The number of thiophene rings is 1. The minimum atomic E-state index is -0.0835. The molecule has 0 bridgehead atoms. The lowest BCUT2D eigenvalue weighted by Gasteiger charge is -1.94. The minimum Gasteiger partial charge on any atom is -0.442 e. The van der Waals surface area contributed by atoms with Crippen molar-refractivity contribution in [1.82, 2.24) is 4.98 Å². The van der Waals surface area contributed by atoms with Crippen LogP contribution in [0.1, 0.15) is 5.69 Å². The Morgan fingerprint density at radius 1 is 1.62 bits per heavy atom. The van der Waals surface area contributed by atoms with Crippen LogP contribution in [0.5, 0.6) is 0 Å². The predicted molar refractivity (Wildman–Crippen MR) is 58.5 cm³/mol. The first-order chi connectivity index (χ1) is 6.33. The van der Waals surface area contributed by atoms with E-state index in [0.717, 1.165) is 8.45 Å². The molecule has 0 atom stereocenters. The Bertz CT molecular complexity index is 410. The molecule has 0 aliphatic heterocycles. The summed E-state index contributed by atoms with van der Waals surface area (Å²) in [7, 11) is 0. The van der Waals surface area contributed by atoms with Crippen molar-refractivity contribution in [2.45, 2.75) is 6.61 Å². The average Bonchev–Trinajstić information content (AvgIpc) is 2.71. The average molecular weight is 307 g/mol. The number of rotatable bonds is 2. The van der Waals surface area contributed by atoms with Gasteiger partial charge in [0.15, 0.2) is 12.2 Å². The fraction of sp³-hybridized carbons (Fsp3) is 0.125. The van der Waals surface area contributed by atoms with Crippen LogP contribution in [-0.4, -0.2) is 10.1 Å². The van der Waals surface area contributed by atoms with Crippen molar-refractivity contribution in [3.63, 3.8) is 0 Å². The topological polar surface area (TPSA) is 46.3 Å². The second-order valence-corrected chi connectivity index (χ2v) is 4.46. The number of aliphatic hydroxyl groups is 1. The Kier molecular flexibility index (Phi) is 2.66. The molecule has 0 saturated carbocycles. The van der Waals surface area contributed by atoms with Crippen molar-refractivity contribution in [1.29, 1.82) is 0 Å². The second-order valence-electron chi connectivity index (χ2n) is 2.38. The Morgan fingerprint density at radius 3 is 3.08 bits per heavy atom. The molecule has 2 aromatic heterocycles. The Morgan fingerprint density at radius 2 is 2.46 bits per heavy atom. The predicted octanol–water partition coefficient (Wildman–Crippen LogP) is 2.50. The normalized spacial score (nSPS) is 10.6. The van der Waals surface area contributed by atoms with Crippen LogP contribution in [0, 0.1) is 3.57 Å². The molecule has 2 aromatic rings. The molecule has 0 spiro atoms. The molecule has 13 heavy (non-hydrogen) atoms. The van der Waals surface area contributed by atoms with E-state index in [1.165, 1.54) is 6.39 Å². The summed E-state index contributed by atoms with van der Waals surface area (Å²) in [5.41, 5.74) is 0.598. The SMILES string of the molecule is OCc1ncoc1-c1sccc1I. The van der Waals surface area contributed by atoms with Crippen molar-refractivity contribution in [2.24, 2.45) is 0 Å². The summed E-state index contributed by atoms with van der Waals surface area (Å²) < 4.78 is 6.33. The highest BCUT2D eigenvalue weighted by Crippen LogP contribution is 2.32. The molecule has 68 valence electrons. The third-order valence-electron chi connectivity index (χ3n) is 1.61. The maximum absolute atomic E-state index is 8.98. The van der Waals surface area contributed by atoms with Gasteiger partial charge in [0.05, 0.1) is 11.5 Å². The first kappa shape index (κ1) is 9.17. The molecule has 0 saturated heterocycles. The van der Waals surface area contributed by atoms with Crippen LogP contribution in [0.4, 0.5) is 0 Å². The summed E-state index contributed by atoms with van der Waals surface area (Å²) in [5, 5.41) is 11.0. The number of aromatic nitrogens is 1. The van der Waals surface area contributed by atoms with Gasteiger partial charge in [-0.15, -0.1) is 11.3 Å². The Labute approximate surface area is 92.6 Å². The lowest BCUT2D eigenvalue weighted by molar-refractivity contribution is 0.277. The van der Waals surface area contributed by atoms with Crippen LogP contribution in [0.25, 0.3) is 10.6 Å². The smallest absolute Gasteiger partial charge is 0.181 e. The van der Waals surface area contributed by atoms with Crippen molar-refractivity contribution >= 4 is 33.9 Å². The maximum Gasteiger partial charge on any atom is 0.181 e. The van der Waals surface area contributed by atoms with Gasteiger partial charge < -0.3 is 9.52 Å². The van der Waals surface area contributed by atoms with Crippen molar-refractivity contribution < 1.29 is 9.52 Å². The molecule has 0 aliphatic carbocycles. The molecule has 2 rings (SSSR count). The van der Waals surface area contributed by atoms with Crippen molar-refractivity contribution in [3.8, 4) is 10.6 Å². The lowest BCUT2D eigenvalue weighted by Crippen LogP contribution is -1.85. The van der Waals surface area contributed by atoms with E-state index in [1.807, 2.05) is 11.4 Å². The van der Waals surface area contributed by atoms with E-state index in [2.05, 4.69) is 27.6 Å². The number of aliphatic hydroxyl groups excluding tert-OH is 1. The number of halogens is 1. The van der Waals surface area contributed by atoms with Gasteiger partial charge in [0.1, 0.15) is 5.69 Å². The molecule has 0 aliphatic rings. The van der Waals surface area contributed by atoms with E-state index < -0.39 is 0 Å². The largest absolute Gasteiger partial charge is 0.442 e. The van der Waals surface area contributed by atoms with Gasteiger partial charge in [-0.3, -0.25) is 0 Å². The van der Waals surface area contributed by atoms with Gasteiger partial charge in [-0.2, -0.15) is 0 Å². The van der Waals surface area contributed by atoms with Crippen LogP contribution in [0.3, 0.4) is 0 Å². The third kappa shape index (κ3) is 1.63. The van der Waals surface area contributed by atoms with Crippen LogP contribution >= 0.6 is 33.9 Å². The molecule has 0 unspecified atom stereocenters. The van der Waals surface area contributed by atoms with Crippen LogP contribution in [0.15, 0.2) is 22.3 Å². The van der Waals surface area contributed by atoms with Crippen LogP contribution in [-0.2, 0) is 6.61 Å².